The molecule has 6 nitrogen and oxygen atoms in total. The molecule has 3 rings (SSSR count). The van der Waals surface area contributed by atoms with E-state index in [2.05, 4.69) is 28.7 Å². The molecule has 2 saturated heterocycles. The van der Waals surface area contributed by atoms with E-state index in [1.165, 1.54) is 0 Å². The standard InChI is InChI=1S/C14H21N3O3S/c1-11(2)17-9-14(10-17)12(4-7-21(14,18)19)8-20-13-15-5-3-6-16-13/h3,5-6,11-12H,4,7-10H2,1-2H3/t12-/m0/s1. The summed E-state index contributed by atoms with van der Waals surface area (Å²) in [5.41, 5.74) is 0. The van der Waals surface area contributed by atoms with Gasteiger partial charge < -0.3 is 4.74 Å². The van der Waals surface area contributed by atoms with Gasteiger partial charge in [0.1, 0.15) is 4.75 Å². The predicted octanol–water partition coefficient (Wildman–Crippen LogP) is 0.753. The number of hydrogen-bond acceptors (Lipinski definition) is 6. The first-order valence-corrected chi connectivity index (χ1v) is 8.96. The fourth-order valence-electron chi connectivity index (χ4n) is 3.25. The molecule has 0 radical (unpaired) electrons. The Hall–Kier alpha value is -1.21. The van der Waals surface area contributed by atoms with Crippen LogP contribution in [-0.2, 0) is 9.84 Å². The van der Waals surface area contributed by atoms with Crippen LogP contribution in [0.4, 0.5) is 0 Å². The first kappa shape index (κ1) is 14.7. The van der Waals surface area contributed by atoms with Crippen LogP contribution in [0.3, 0.4) is 0 Å². The number of sulfone groups is 1. The number of likely N-dealkylation sites (tertiary alicyclic amines) is 1. The van der Waals surface area contributed by atoms with Gasteiger partial charge in [-0.25, -0.2) is 18.4 Å². The Morgan fingerprint density at radius 3 is 2.67 bits per heavy atom. The Morgan fingerprint density at radius 2 is 2.05 bits per heavy atom. The van der Waals surface area contributed by atoms with E-state index in [0.29, 0.717) is 38.2 Å². The van der Waals surface area contributed by atoms with Gasteiger partial charge in [-0.2, -0.15) is 0 Å². The summed E-state index contributed by atoms with van der Waals surface area (Å²) in [6.45, 7) is 5.80. The van der Waals surface area contributed by atoms with Crippen molar-refractivity contribution in [2.24, 2.45) is 5.92 Å². The van der Waals surface area contributed by atoms with Crippen LogP contribution in [0, 0.1) is 5.92 Å². The highest BCUT2D eigenvalue weighted by Gasteiger charge is 2.61. The van der Waals surface area contributed by atoms with Crippen molar-refractivity contribution in [3.8, 4) is 6.01 Å². The van der Waals surface area contributed by atoms with E-state index in [-0.39, 0.29) is 11.7 Å². The third-order valence-corrected chi connectivity index (χ3v) is 7.33. The number of ether oxygens (including phenoxy) is 1. The number of hydrogen-bond donors (Lipinski definition) is 0. The van der Waals surface area contributed by atoms with Crippen molar-refractivity contribution in [3.05, 3.63) is 18.5 Å². The zero-order valence-corrected chi connectivity index (χ0v) is 13.2. The maximum Gasteiger partial charge on any atom is 0.316 e. The van der Waals surface area contributed by atoms with Gasteiger partial charge in [-0.05, 0) is 26.3 Å². The summed E-state index contributed by atoms with van der Waals surface area (Å²) >= 11 is 0. The highest BCUT2D eigenvalue weighted by atomic mass is 32.2. The molecule has 0 saturated carbocycles. The number of aromatic nitrogens is 2. The Morgan fingerprint density at radius 1 is 1.38 bits per heavy atom. The summed E-state index contributed by atoms with van der Waals surface area (Å²) in [5, 5.41) is 0. The lowest BCUT2D eigenvalue weighted by Crippen LogP contribution is -2.69. The first-order chi connectivity index (χ1) is 9.95. The summed E-state index contributed by atoms with van der Waals surface area (Å²) in [7, 11) is -3.03. The lowest BCUT2D eigenvalue weighted by atomic mass is 9.83. The van der Waals surface area contributed by atoms with Crippen LogP contribution in [0.25, 0.3) is 0 Å². The predicted molar refractivity (Wildman–Crippen MR) is 78.9 cm³/mol. The van der Waals surface area contributed by atoms with Crippen LogP contribution in [0.2, 0.25) is 0 Å². The SMILES string of the molecule is CC(C)N1CC2(C1)[C@H](COc1ncccn1)CCS2(=O)=O. The molecule has 2 aliphatic heterocycles. The molecule has 116 valence electrons. The normalized spacial score (nSPS) is 26.9. The molecule has 0 aromatic carbocycles. The molecular weight excluding hydrogens is 290 g/mol. The summed E-state index contributed by atoms with van der Waals surface area (Å²) < 4.78 is 29.9. The van der Waals surface area contributed by atoms with E-state index in [1.807, 2.05) is 0 Å². The second kappa shape index (κ2) is 5.21. The van der Waals surface area contributed by atoms with E-state index < -0.39 is 14.6 Å². The third-order valence-electron chi connectivity index (χ3n) is 4.73. The van der Waals surface area contributed by atoms with Crippen molar-refractivity contribution >= 4 is 9.84 Å². The molecule has 2 fully saturated rings. The van der Waals surface area contributed by atoms with Gasteiger partial charge in [-0.15, -0.1) is 0 Å². The highest BCUT2D eigenvalue weighted by Crippen LogP contribution is 2.45. The summed E-state index contributed by atoms with van der Waals surface area (Å²) in [6, 6.07) is 2.42. The van der Waals surface area contributed by atoms with E-state index in [0.717, 1.165) is 0 Å². The Balaban J connectivity index is 1.71. The summed E-state index contributed by atoms with van der Waals surface area (Å²) in [5.74, 6) is 0.295. The summed E-state index contributed by atoms with van der Waals surface area (Å²) in [6.07, 6.45) is 3.90. The monoisotopic (exact) mass is 311 g/mol. The topological polar surface area (TPSA) is 72.4 Å². The number of nitrogens with zero attached hydrogens (tertiary/aromatic N) is 3. The van der Waals surface area contributed by atoms with Crippen molar-refractivity contribution < 1.29 is 13.2 Å². The fourth-order valence-corrected chi connectivity index (χ4v) is 5.67. The van der Waals surface area contributed by atoms with Crippen LogP contribution in [-0.4, -0.2) is 59.5 Å². The first-order valence-electron chi connectivity index (χ1n) is 7.31. The number of rotatable bonds is 4. The van der Waals surface area contributed by atoms with Gasteiger partial charge >= 0.3 is 6.01 Å². The van der Waals surface area contributed by atoms with Gasteiger partial charge in [0, 0.05) is 37.4 Å². The minimum atomic E-state index is -3.03. The zero-order chi connectivity index (χ0) is 15.1. The molecule has 1 atom stereocenters. The van der Waals surface area contributed by atoms with E-state index in [1.54, 1.807) is 18.5 Å². The lowest BCUT2D eigenvalue weighted by Gasteiger charge is -2.51. The molecule has 0 N–H and O–H groups in total. The van der Waals surface area contributed by atoms with Gasteiger partial charge in [-0.1, -0.05) is 0 Å². The Labute approximate surface area is 125 Å². The molecule has 0 bridgehead atoms. The maximum atomic E-state index is 12.4. The average molecular weight is 311 g/mol. The van der Waals surface area contributed by atoms with Crippen molar-refractivity contribution in [2.45, 2.75) is 31.1 Å². The van der Waals surface area contributed by atoms with Crippen molar-refractivity contribution in [1.82, 2.24) is 14.9 Å². The van der Waals surface area contributed by atoms with Crippen LogP contribution in [0.1, 0.15) is 20.3 Å². The highest BCUT2D eigenvalue weighted by molar-refractivity contribution is 7.93. The maximum absolute atomic E-state index is 12.4. The molecule has 1 aromatic rings. The smallest absolute Gasteiger partial charge is 0.316 e. The van der Waals surface area contributed by atoms with Gasteiger partial charge in [0.25, 0.3) is 0 Å². The minimum absolute atomic E-state index is 0.0290. The molecule has 3 heterocycles. The van der Waals surface area contributed by atoms with Gasteiger partial charge in [0.15, 0.2) is 9.84 Å². The Kier molecular flexibility index (Phi) is 3.65. The van der Waals surface area contributed by atoms with Crippen molar-refractivity contribution in [2.75, 3.05) is 25.4 Å². The quantitative estimate of drug-likeness (QED) is 0.817. The van der Waals surface area contributed by atoms with E-state index >= 15 is 0 Å². The molecule has 2 aliphatic rings. The van der Waals surface area contributed by atoms with Crippen LogP contribution < -0.4 is 4.74 Å². The second-order valence-electron chi connectivity index (χ2n) is 6.21. The van der Waals surface area contributed by atoms with E-state index in [4.69, 9.17) is 4.74 Å². The molecule has 21 heavy (non-hydrogen) atoms. The molecule has 0 aliphatic carbocycles. The van der Waals surface area contributed by atoms with Crippen LogP contribution in [0.5, 0.6) is 6.01 Å². The van der Waals surface area contributed by atoms with Gasteiger partial charge in [0.2, 0.25) is 0 Å². The van der Waals surface area contributed by atoms with Crippen molar-refractivity contribution in [3.63, 3.8) is 0 Å². The molecule has 0 amide bonds. The molecule has 1 spiro atoms. The second-order valence-corrected chi connectivity index (χ2v) is 8.66. The lowest BCUT2D eigenvalue weighted by molar-refractivity contribution is 0.0401. The van der Waals surface area contributed by atoms with Crippen LogP contribution >= 0.6 is 0 Å². The van der Waals surface area contributed by atoms with Gasteiger partial charge in [-0.3, -0.25) is 4.90 Å². The largest absolute Gasteiger partial charge is 0.463 e. The molecule has 0 unspecified atom stereocenters. The Bertz CT molecular complexity index is 597. The minimum Gasteiger partial charge on any atom is -0.463 e. The fraction of sp³-hybridized carbons (Fsp3) is 0.714. The third kappa shape index (κ3) is 2.42. The molecular formula is C14H21N3O3S. The average Bonchev–Trinajstić information content (AvgIpc) is 2.66. The van der Waals surface area contributed by atoms with Gasteiger partial charge in [0.05, 0.1) is 12.4 Å². The molecule has 7 heteroatoms. The zero-order valence-electron chi connectivity index (χ0n) is 12.4. The summed E-state index contributed by atoms with van der Waals surface area (Å²) in [4.78, 5) is 10.2. The van der Waals surface area contributed by atoms with Crippen LogP contribution in [0.15, 0.2) is 18.5 Å². The van der Waals surface area contributed by atoms with Crippen molar-refractivity contribution in [1.29, 1.82) is 0 Å². The molecule has 1 aromatic heterocycles. The van der Waals surface area contributed by atoms with E-state index in [9.17, 15) is 8.42 Å².